The Labute approximate surface area is 135 Å². The molecule has 1 radical (unpaired) electrons. The van der Waals surface area contributed by atoms with E-state index in [1.54, 1.807) is 0 Å². The molecule has 3 nitrogen and oxygen atoms in total. The van der Waals surface area contributed by atoms with Crippen LogP contribution in [0.1, 0.15) is 5.56 Å². The van der Waals surface area contributed by atoms with Crippen LogP contribution in [0.2, 0.25) is 0 Å². The molecule has 0 bridgehead atoms. The molecular formula is C10H9KNO2S. The Hall–Kier alpha value is 0.346. The predicted molar refractivity (Wildman–Crippen MR) is 60.6 cm³/mol. The zero-order valence-corrected chi connectivity index (χ0v) is 12.4. The van der Waals surface area contributed by atoms with Gasteiger partial charge in [-0.15, -0.1) is 0 Å². The van der Waals surface area contributed by atoms with Crippen LogP contribution in [0.4, 0.5) is 4.79 Å². The summed E-state index contributed by atoms with van der Waals surface area (Å²) in [5.74, 6) is 0.190. The van der Waals surface area contributed by atoms with Crippen LogP contribution in [0.25, 0.3) is 0 Å². The summed E-state index contributed by atoms with van der Waals surface area (Å²) in [7, 11) is 0. The molecule has 0 atom stereocenters. The van der Waals surface area contributed by atoms with Gasteiger partial charge in [-0.3, -0.25) is 14.5 Å². The van der Waals surface area contributed by atoms with Crippen LogP contribution >= 0.6 is 11.8 Å². The van der Waals surface area contributed by atoms with Crippen LogP contribution in [0, 0.1) is 0 Å². The first-order valence-electron chi connectivity index (χ1n) is 4.28. The molecule has 1 heterocycles. The number of nitrogens with zero attached hydrogens (tertiary/aromatic N) is 1. The molecule has 2 rings (SSSR count). The monoisotopic (exact) mass is 246 g/mol. The first-order valence-corrected chi connectivity index (χ1v) is 5.27. The Morgan fingerprint density at radius 1 is 1.20 bits per heavy atom. The molecule has 2 amide bonds. The third-order valence-electron chi connectivity index (χ3n) is 2.02. The summed E-state index contributed by atoms with van der Waals surface area (Å²) in [6.45, 7) is 0.394. The summed E-state index contributed by atoms with van der Waals surface area (Å²) < 4.78 is 0. The average Bonchev–Trinajstić information content (AvgIpc) is 2.51. The summed E-state index contributed by atoms with van der Waals surface area (Å²) in [6.07, 6.45) is 0. The number of hydrogen-bond donors (Lipinski definition) is 0. The SMILES string of the molecule is O=C1CSC(=O)N1Cc1ccccc1.[K]. The van der Waals surface area contributed by atoms with E-state index in [1.165, 1.54) is 4.90 Å². The van der Waals surface area contributed by atoms with Gasteiger partial charge in [0.15, 0.2) is 0 Å². The van der Waals surface area contributed by atoms with E-state index in [0.29, 0.717) is 6.54 Å². The molecule has 0 spiro atoms. The Balaban J connectivity index is 0.00000112. The van der Waals surface area contributed by atoms with Gasteiger partial charge < -0.3 is 0 Å². The minimum atomic E-state index is -0.140. The van der Waals surface area contributed by atoms with Crippen LogP contribution in [-0.4, -0.2) is 73.2 Å². The predicted octanol–water partition coefficient (Wildman–Crippen LogP) is 1.50. The van der Waals surface area contributed by atoms with Crippen LogP contribution in [-0.2, 0) is 11.3 Å². The van der Waals surface area contributed by atoms with Crippen molar-refractivity contribution in [3.63, 3.8) is 0 Å². The molecule has 1 aromatic carbocycles. The molecule has 1 aliphatic rings. The number of carbonyl (C=O) groups excluding carboxylic acids is 2. The van der Waals surface area contributed by atoms with Gasteiger partial charge in [0.1, 0.15) is 0 Å². The molecule has 73 valence electrons. The summed E-state index contributed by atoms with van der Waals surface area (Å²) in [6, 6.07) is 9.51. The quantitative estimate of drug-likeness (QED) is 0.742. The van der Waals surface area contributed by atoms with Gasteiger partial charge in [0.25, 0.3) is 5.24 Å². The van der Waals surface area contributed by atoms with Gasteiger partial charge in [0.05, 0.1) is 12.3 Å². The molecule has 0 N–H and O–H groups in total. The van der Waals surface area contributed by atoms with E-state index in [2.05, 4.69) is 0 Å². The van der Waals surface area contributed by atoms with Crippen molar-refractivity contribution in [2.24, 2.45) is 0 Å². The first-order chi connectivity index (χ1) is 6.77. The molecular weight excluding hydrogens is 237 g/mol. The van der Waals surface area contributed by atoms with E-state index >= 15 is 0 Å². The number of rotatable bonds is 2. The standard InChI is InChI=1S/C10H9NO2S.K/c12-9-7-14-10(13)11(9)6-8-4-2-1-3-5-8;/h1-5H,6-7H2;. The minimum Gasteiger partial charge on any atom is -0.273 e. The van der Waals surface area contributed by atoms with Crippen molar-refractivity contribution in [2.45, 2.75) is 6.54 Å². The normalized spacial score (nSPS) is 15.3. The van der Waals surface area contributed by atoms with E-state index in [-0.39, 0.29) is 68.3 Å². The fourth-order valence-corrected chi connectivity index (χ4v) is 2.02. The maximum Gasteiger partial charge on any atom is 0.289 e. The molecule has 0 unspecified atom stereocenters. The van der Waals surface area contributed by atoms with Crippen molar-refractivity contribution < 1.29 is 9.59 Å². The third kappa shape index (κ3) is 3.40. The molecule has 1 saturated heterocycles. The summed E-state index contributed by atoms with van der Waals surface area (Å²) in [5, 5.41) is -0.140. The second kappa shape index (κ2) is 6.17. The second-order valence-corrected chi connectivity index (χ2v) is 3.95. The number of carbonyl (C=O) groups is 2. The summed E-state index contributed by atoms with van der Waals surface area (Å²) in [4.78, 5) is 23.8. The number of benzene rings is 1. The van der Waals surface area contributed by atoms with Crippen molar-refractivity contribution in [3.05, 3.63) is 35.9 Å². The zero-order valence-electron chi connectivity index (χ0n) is 8.47. The Morgan fingerprint density at radius 3 is 2.40 bits per heavy atom. The van der Waals surface area contributed by atoms with Gasteiger partial charge in [-0.2, -0.15) is 0 Å². The number of thioether (sulfide) groups is 1. The molecule has 0 saturated carbocycles. The molecule has 0 aromatic heterocycles. The number of hydrogen-bond acceptors (Lipinski definition) is 3. The van der Waals surface area contributed by atoms with E-state index in [1.807, 2.05) is 30.3 Å². The fourth-order valence-electron chi connectivity index (χ4n) is 1.30. The van der Waals surface area contributed by atoms with E-state index < -0.39 is 0 Å². The molecule has 1 aliphatic heterocycles. The molecule has 1 aromatic rings. The topological polar surface area (TPSA) is 37.4 Å². The van der Waals surface area contributed by atoms with Crippen molar-refractivity contribution in [1.82, 2.24) is 4.90 Å². The molecule has 5 heteroatoms. The fraction of sp³-hybridized carbons (Fsp3) is 0.200. The molecule has 15 heavy (non-hydrogen) atoms. The van der Waals surface area contributed by atoms with Crippen molar-refractivity contribution in [3.8, 4) is 0 Å². The number of amides is 2. The van der Waals surface area contributed by atoms with Crippen molar-refractivity contribution in [2.75, 3.05) is 5.75 Å². The van der Waals surface area contributed by atoms with Gasteiger partial charge >= 0.3 is 0 Å². The minimum absolute atomic E-state index is 0. The third-order valence-corrected chi connectivity index (χ3v) is 2.88. The number of imide groups is 1. The van der Waals surface area contributed by atoms with Gasteiger partial charge in [0, 0.05) is 51.4 Å². The van der Waals surface area contributed by atoms with Crippen LogP contribution in [0.5, 0.6) is 0 Å². The van der Waals surface area contributed by atoms with Crippen LogP contribution in [0.15, 0.2) is 30.3 Å². The van der Waals surface area contributed by atoms with E-state index in [9.17, 15) is 9.59 Å². The molecule has 1 fully saturated rings. The first kappa shape index (κ1) is 13.4. The van der Waals surface area contributed by atoms with E-state index in [4.69, 9.17) is 0 Å². The van der Waals surface area contributed by atoms with Crippen LogP contribution < -0.4 is 0 Å². The largest absolute Gasteiger partial charge is 0.289 e. The second-order valence-electron chi connectivity index (χ2n) is 3.02. The summed E-state index contributed by atoms with van der Waals surface area (Å²) >= 11 is 1.07. The molecule has 0 aliphatic carbocycles. The van der Waals surface area contributed by atoms with Gasteiger partial charge in [-0.25, -0.2) is 0 Å². The van der Waals surface area contributed by atoms with Crippen LogP contribution in [0.3, 0.4) is 0 Å². The Bertz CT molecular complexity index is 353. The average molecular weight is 246 g/mol. The van der Waals surface area contributed by atoms with E-state index in [0.717, 1.165) is 17.3 Å². The zero-order chi connectivity index (χ0) is 9.97. The van der Waals surface area contributed by atoms with Gasteiger partial charge in [-0.05, 0) is 5.56 Å². The maximum absolute atomic E-state index is 11.3. The van der Waals surface area contributed by atoms with Gasteiger partial charge in [-0.1, -0.05) is 42.1 Å². The summed E-state index contributed by atoms with van der Waals surface area (Å²) in [5.41, 5.74) is 0.983. The van der Waals surface area contributed by atoms with Crippen molar-refractivity contribution >= 4 is 74.3 Å². The Kier molecular flexibility index (Phi) is 5.52. The maximum atomic E-state index is 11.3. The smallest absolute Gasteiger partial charge is 0.273 e. The van der Waals surface area contributed by atoms with Gasteiger partial charge in [0.2, 0.25) is 5.91 Å². The van der Waals surface area contributed by atoms with Crippen molar-refractivity contribution in [1.29, 1.82) is 0 Å². The Morgan fingerprint density at radius 2 is 1.87 bits per heavy atom.